The Morgan fingerprint density at radius 2 is 2.00 bits per heavy atom. The summed E-state index contributed by atoms with van der Waals surface area (Å²) in [5.41, 5.74) is 2.67. The zero-order chi connectivity index (χ0) is 14.5. The Kier molecular flexibility index (Phi) is 5.87. The van der Waals surface area contributed by atoms with Crippen LogP contribution < -0.4 is 10.2 Å². The molecule has 0 atom stereocenters. The maximum Gasteiger partial charge on any atom is 0.0510 e. The molecule has 2 rings (SSSR count). The van der Waals surface area contributed by atoms with Gasteiger partial charge in [-0.1, -0.05) is 6.07 Å². The van der Waals surface area contributed by atoms with Gasteiger partial charge in [0.2, 0.25) is 0 Å². The van der Waals surface area contributed by atoms with Crippen molar-refractivity contribution in [3.63, 3.8) is 0 Å². The van der Waals surface area contributed by atoms with Crippen LogP contribution in [0, 0.1) is 5.92 Å². The minimum atomic E-state index is 0.851. The highest BCUT2D eigenvalue weighted by Crippen LogP contribution is 2.31. The van der Waals surface area contributed by atoms with E-state index in [0.717, 1.165) is 12.5 Å². The summed E-state index contributed by atoms with van der Waals surface area (Å²) < 4.78 is 1.22. The van der Waals surface area contributed by atoms with Crippen molar-refractivity contribution >= 4 is 21.6 Å². The van der Waals surface area contributed by atoms with Gasteiger partial charge in [-0.15, -0.1) is 0 Å². The number of piperidine rings is 1. The summed E-state index contributed by atoms with van der Waals surface area (Å²) in [4.78, 5) is 4.82. The van der Waals surface area contributed by atoms with E-state index in [0.29, 0.717) is 0 Å². The molecule has 20 heavy (non-hydrogen) atoms. The topological polar surface area (TPSA) is 18.5 Å². The van der Waals surface area contributed by atoms with Crippen LogP contribution in [-0.2, 0) is 6.54 Å². The van der Waals surface area contributed by atoms with Crippen LogP contribution in [0.25, 0.3) is 0 Å². The predicted octanol–water partition coefficient (Wildman–Crippen LogP) is 2.95. The fourth-order valence-corrected chi connectivity index (χ4v) is 3.67. The van der Waals surface area contributed by atoms with Crippen LogP contribution in [0.3, 0.4) is 0 Å². The third kappa shape index (κ3) is 4.21. The van der Waals surface area contributed by atoms with Crippen molar-refractivity contribution in [3.05, 3.63) is 28.2 Å². The summed E-state index contributed by atoms with van der Waals surface area (Å²) in [6, 6.07) is 6.71. The number of nitrogens with zero attached hydrogens (tertiary/aromatic N) is 2. The Bertz CT molecular complexity index is 426. The van der Waals surface area contributed by atoms with Gasteiger partial charge in [0.15, 0.2) is 0 Å². The van der Waals surface area contributed by atoms with Crippen molar-refractivity contribution < 1.29 is 0 Å². The van der Waals surface area contributed by atoms with E-state index in [1.807, 2.05) is 7.05 Å². The molecule has 4 heteroatoms. The first-order valence-corrected chi connectivity index (χ1v) is 8.22. The van der Waals surface area contributed by atoms with E-state index in [1.165, 1.54) is 48.2 Å². The molecule has 1 heterocycles. The van der Waals surface area contributed by atoms with E-state index < -0.39 is 0 Å². The monoisotopic (exact) mass is 339 g/mol. The first-order valence-electron chi connectivity index (χ1n) is 7.43. The smallest absolute Gasteiger partial charge is 0.0510 e. The molecule has 1 saturated heterocycles. The summed E-state index contributed by atoms with van der Waals surface area (Å²) in [7, 11) is 6.32. The molecule has 1 aromatic rings. The molecule has 1 aliphatic rings. The summed E-state index contributed by atoms with van der Waals surface area (Å²) >= 11 is 3.73. The predicted molar refractivity (Wildman–Crippen MR) is 90.4 cm³/mol. The second kappa shape index (κ2) is 7.43. The van der Waals surface area contributed by atoms with Crippen LogP contribution in [0.1, 0.15) is 18.4 Å². The molecule has 3 nitrogen and oxygen atoms in total. The molecule has 0 radical (unpaired) electrons. The van der Waals surface area contributed by atoms with E-state index in [1.54, 1.807) is 0 Å². The van der Waals surface area contributed by atoms with Gasteiger partial charge in [-0.3, -0.25) is 0 Å². The number of hydrogen-bond acceptors (Lipinski definition) is 3. The van der Waals surface area contributed by atoms with Crippen LogP contribution in [0.15, 0.2) is 22.7 Å². The quantitative estimate of drug-likeness (QED) is 0.889. The number of halogens is 1. The van der Waals surface area contributed by atoms with Gasteiger partial charge in [-0.05, 0) is 73.5 Å². The largest absolute Gasteiger partial charge is 0.371 e. The molecule has 0 aromatic heterocycles. The van der Waals surface area contributed by atoms with Crippen LogP contribution in [0.5, 0.6) is 0 Å². The van der Waals surface area contributed by atoms with Crippen LogP contribution in [0.4, 0.5) is 5.69 Å². The molecule has 0 aliphatic carbocycles. The van der Waals surface area contributed by atoms with Gasteiger partial charge < -0.3 is 15.1 Å². The molecule has 0 unspecified atom stereocenters. The van der Waals surface area contributed by atoms with E-state index in [9.17, 15) is 0 Å². The van der Waals surface area contributed by atoms with Gasteiger partial charge in [0.05, 0.1) is 5.69 Å². The molecule has 1 aromatic carbocycles. The molecular weight excluding hydrogens is 314 g/mol. The SMILES string of the molecule is CNCc1ccc(N2CCC(CN(C)C)CC2)c(Br)c1. The molecule has 1 N–H and O–H groups in total. The van der Waals surface area contributed by atoms with E-state index in [-0.39, 0.29) is 0 Å². The molecule has 1 aliphatic heterocycles. The van der Waals surface area contributed by atoms with Gasteiger partial charge in [-0.25, -0.2) is 0 Å². The highest BCUT2D eigenvalue weighted by Gasteiger charge is 2.21. The second-order valence-electron chi connectivity index (χ2n) is 6.01. The zero-order valence-electron chi connectivity index (χ0n) is 12.8. The highest BCUT2D eigenvalue weighted by molar-refractivity contribution is 9.10. The molecule has 0 amide bonds. The maximum atomic E-state index is 3.73. The standard InChI is InChI=1S/C16H26BrN3/c1-18-11-14-4-5-16(15(17)10-14)20-8-6-13(7-9-20)12-19(2)3/h4-5,10,13,18H,6-9,11-12H2,1-3H3. The molecule has 112 valence electrons. The Hall–Kier alpha value is -0.580. The van der Waals surface area contributed by atoms with Crippen LogP contribution >= 0.6 is 15.9 Å². The van der Waals surface area contributed by atoms with Gasteiger partial charge in [0, 0.05) is 30.7 Å². The number of anilines is 1. The van der Waals surface area contributed by atoms with Gasteiger partial charge in [0.1, 0.15) is 0 Å². The minimum Gasteiger partial charge on any atom is -0.371 e. The maximum absolute atomic E-state index is 3.73. The molecular formula is C16H26BrN3. The molecule has 1 fully saturated rings. The van der Waals surface area contributed by atoms with Crippen molar-refractivity contribution in [1.82, 2.24) is 10.2 Å². The lowest BCUT2D eigenvalue weighted by Crippen LogP contribution is -2.37. The Morgan fingerprint density at radius 1 is 1.30 bits per heavy atom. The third-order valence-corrected chi connectivity index (χ3v) is 4.61. The van der Waals surface area contributed by atoms with E-state index in [2.05, 4.69) is 63.3 Å². The fourth-order valence-electron chi connectivity index (χ4n) is 2.99. The fraction of sp³-hybridized carbons (Fsp3) is 0.625. The zero-order valence-corrected chi connectivity index (χ0v) is 14.4. The number of rotatable bonds is 5. The van der Waals surface area contributed by atoms with Gasteiger partial charge in [0.25, 0.3) is 0 Å². The number of hydrogen-bond donors (Lipinski definition) is 1. The molecule has 0 spiro atoms. The number of benzene rings is 1. The van der Waals surface area contributed by atoms with Crippen molar-refractivity contribution in [3.8, 4) is 0 Å². The average Bonchev–Trinajstić information content (AvgIpc) is 2.40. The number of nitrogens with one attached hydrogen (secondary N) is 1. The minimum absolute atomic E-state index is 0.851. The summed E-state index contributed by atoms with van der Waals surface area (Å²) in [5.74, 6) is 0.851. The Balaban J connectivity index is 1.96. The molecule has 0 bridgehead atoms. The van der Waals surface area contributed by atoms with Crippen molar-refractivity contribution in [2.75, 3.05) is 45.7 Å². The van der Waals surface area contributed by atoms with Crippen LogP contribution in [-0.4, -0.2) is 45.7 Å². The summed E-state index contributed by atoms with van der Waals surface area (Å²) in [5, 5.41) is 3.20. The Labute approximate surface area is 131 Å². The van der Waals surface area contributed by atoms with E-state index in [4.69, 9.17) is 0 Å². The summed E-state index contributed by atoms with van der Waals surface area (Å²) in [6.45, 7) is 4.48. The third-order valence-electron chi connectivity index (χ3n) is 3.97. The van der Waals surface area contributed by atoms with Crippen molar-refractivity contribution in [1.29, 1.82) is 0 Å². The van der Waals surface area contributed by atoms with Gasteiger partial charge >= 0.3 is 0 Å². The lowest BCUT2D eigenvalue weighted by atomic mass is 9.96. The van der Waals surface area contributed by atoms with Crippen LogP contribution in [0.2, 0.25) is 0 Å². The lowest BCUT2D eigenvalue weighted by Gasteiger charge is -2.35. The van der Waals surface area contributed by atoms with Crippen molar-refractivity contribution in [2.24, 2.45) is 5.92 Å². The molecule has 0 saturated carbocycles. The van der Waals surface area contributed by atoms with Gasteiger partial charge in [-0.2, -0.15) is 0 Å². The first-order chi connectivity index (χ1) is 9.60. The van der Waals surface area contributed by atoms with Crippen molar-refractivity contribution in [2.45, 2.75) is 19.4 Å². The average molecular weight is 340 g/mol. The lowest BCUT2D eigenvalue weighted by molar-refractivity contribution is 0.285. The highest BCUT2D eigenvalue weighted by atomic mass is 79.9. The normalized spacial score (nSPS) is 16.9. The van der Waals surface area contributed by atoms with E-state index >= 15 is 0 Å². The first kappa shape index (κ1) is 15.8. The second-order valence-corrected chi connectivity index (χ2v) is 6.86. The summed E-state index contributed by atoms with van der Waals surface area (Å²) in [6.07, 6.45) is 2.59. The Morgan fingerprint density at radius 3 is 2.55 bits per heavy atom.